The Labute approximate surface area is 148 Å². The van der Waals surface area contributed by atoms with Gasteiger partial charge in [0.1, 0.15) is 6.61 Å². The van der Waals surface area contributed by atoms with Gasteiger partial charge >= 0.3 is 5.97 Å². The van der Waals surface area contributed by atoms with Crippen molar-refractivity contribution in [1.82, 2.24) is 4.98 Å². The van der Waals surface area contributed by atoms with Crippen LogP contribution in [-0.4, -0.2) is 36.7 Å². The third kappa shape index (κ3) is 5.43. The number of hydrogen-bond acceptors (Lipinski definition) is 5. The maximum atomic E-state index is 12.2. The number of esters is 1. The molecule has 0 spiro atoms. The second-order valence-electron chi connectivity index (χ2n) is 4.76. The van der Waals surface area contributed by atoms with Crippen LogP contribution in [0.5, 0.6) is 0 Å². The molecule has 0 unspecified atom stereocenters. The highest BCUT2D eigenvalue weighted by Crippen LogP contribution is 2.15. The molecule has 0 aliphatic heterocycles. The Hall–Kier alpha value is -2.25. The summed E-state index contributed by atoms with van der Waals surface area (Å²) >= 11 is 3.27. The Morgan fingerprint density at radius 1 is 1.17 bits per heavy atom. The lowest BCUT2D eigenvalue weighted by Gasteiger charge is -2.08. The molecule has 0 fully saturated rings. The molecule has 1 amide bonds. The Morgan fingerprint density at radius 2 is 2.00 bits per heavy atom. The minimum absolute atomic E-state index is 0.187. The van der Waals surface area contributed by atoms with Crippen molar-refractivity contribution in [1.29, 1.82) is 0 Å². The normalized spacial score (nSPS) is 10.2. The highest BCUT2D eigenvalue weighted by molar-refractivity contribution is 9.10. The molecule has 126 valence electrons. The first-order valence-corrected chi connectivity index (χ1v) is 8.16. The Morgan fingerprint density at radius 3 is 2.75 bits per heavy atom. The van der Waals surface area contributed by atoms with E-state index in [9.17, 15) is 9.59 Å². The lowest BCUT2D eigenvalue weighted by atomic mass is 10.2. The molecule has 0 saturated heterocycles. The fraction of sp³-hybridized carbons (Fsp3) is 0.235. The van der Waals surface area contributed by atoms with Crippen LogP contribution in [0.1, 0.15) is 27.6 Å². The fourth-order valence-electron chi connectivity index (χ4n) is 1.88. The molecule has 7 heteroatoms. The molecule has 0 aliphatic rings. The molecule has 2 aromatic rings. The summed E-state index contributed by atoms with van der Waals surface area (Å²) in [5, 5.41) is 2.72. The summed E-state index contributed by atoms with van der Waals surface area (Å²) in [7, 11) is 0. The monoisotopic (exact) mass is 392 g/mol. The number of nitrogens with zero attached hydrogens (tertiary/aromatic N) is 1. The zero-order valence-electron chi connectivity index (χ0n) is 13.1. The average molecular weight is 393 g/mol. The summed E-state index contributed by atoms with van der Waals surface area (Å²) in [5.74, 6) is -0.777. The zero-order valence-corrected chi connectivity index (χ0v) is 14.7. The molecule has 1 heterocycles. The summed E-state index contributed by atoms with van der Waals surface area (Å²) < 4.78 is 10.9. The van der Waals surface area contributed by atoms with E-state index in [1.807, 2.05) is 6.92 Å². The number of aromatic nitrogens is 1. The number of anilines is 1. The second-order valence-corrected chi connectivity index (χ2v) is 5.68. The Bertz CT molecular complexity index is 721. The van der Waals surface area contributed by atoms with Gasteiger partial charge in [-0.3, -0.25) is 9.78 Å². The Balaban J connectivity index is 1.99. The number of nitrogens with one attached hydrogen (secondary N) is 1. The van der Waals surface area contributed by atoms with E-state index in [0.717, 1.165) is 0 Å². The van der Waals surface area contributed by atoms with Crippen LogP contribution in [0.2, 0.25) is 0 Å². The van der Waals surface area contributed by atoms with E-state index in [2.05, 4.69) is 26.2 Å². The molecular weight excluding hydrogens is 376 g/mol. The SMILES string of the molecule is CCOCCOC(=O)c1cccc(NC(=O)c2cncc(Br)c2)c1. The van der Waals surface area contributed by atoms with E-state index < -0.39 is 5.97 Å². The van der Waals surface area contributed by atoms with Crippen LogP contribution in [0, 0.1) is 0 Å². The van der Waals surface area contributed by atoms with Crippen molar-refractivity contribution in [2.75, 3.05) is 25.1 Å². The van der Waals surface area contributed by atoms with E-state index in [1.54, 1.807) is 36.5 Å². The third-order valence-corrected chi connectivity index (χ3v) is 3.42. The number of benzene rings is 1. The van der Waals surface area contributed by atoms with Gasteiger partial charge in [-0.1, -0.05) is 6.07 Å². The van der Waals surface area contributed by atoms with Crippen LogP contribution in [0.25, 0.3) is 0 Å². The van der Waals surface area contributed by atoms with Gasteiger partial charge in [-0.05, 0) is 47.1 Å². The van der Waals surface area contributed by atoms with E-state index in [-0.39, 0.29) is 12.5 Å². The van der Waals surface area contributed by atoms with Gasteiger partial charge in [-0.2, -0.15) is 0 Å². The summed E-state index contributed by atoms with van der Waals surface area (Å²) in [6.45, 7) is 2.99. The number of carbonyl (C=O) groups is 2. The van der Waals surface area contributed by atoms with Crippen LogP contribution in [0.15, 0.2) is 47.2 Å². The topological polar surface area (TPSA) is 77.5 Å². The second kappa shape index (κ2) is 9.14. The van der Waals surface area contributed by atoms with Crippen molar-refractivity contribution in [3.8, 4) is 0 Å². The smallest absolute Gasteiger partial charge is 0.338 e. The van der Waals surface area contributed by atoms with Crippen LogP contribution < -0.4 is 5.32 Å². The summed E-state index contributed by atoms with van der Waals surface area (Å²) in [5.41, 5.74) is 1.27. The van der Waals surface area contributed by atoms with Gasteiger partial charge in [0.25, 0.3) is 5.91 Å². The number of rotatable bonds is 7. The van der Waals surface area contributed by atoms with Gasteiger partial charge in [-0.15, -0.1) is 0 Å². The van der Waals surface area contributed by atoms with Crippen molar-refractivity contribution in [3.63, 3.8) is 0 Å². The lowest BCUT2D eigenvalue weighted by Crippen LogP contribution is -2.14. The predicted octanol–water partition coefficient (Wildman–Crippen LogP) is 3.29. The number of carbonyl (C=O) groups excluding carboxylic acids is 2. The number of ether oxygens (including phenoxy) is 2. The third-order valence-electron chi connectivity index (χ3n) is 2.99. The average Bonchev–Trinajstić information content (AvgIpc) is 2.59. The number of hydrogen-bond donors (Lipinski definition) is 1. The van der Waals surface area contributed by atoms with Gasteiger partial charge in [-0.25, -0.2) is 4.79 Å². The molecule has 0 radical (unpaired) electrons. The maximum absolute atomic E-state index is 12.2. The molecule has 1 aromatic heterocycles. The quantitative estimate of drug-likeness (QED) is 0.577. The minimum Gasteiger partial charge on any atom is -0.460 e. The van der Waals surface area contributed by atoms with Gasteiger partial charge in [0.05, 0.1) is 17.7 Å². The summed E-state index contributed by atoms with van der Waals surface area (Å²) in [4.78, 5) is 28.1. The van der Waals surface area contributed by atoms with Crippen molar-refractivity contribution in [2.45, 2.75) is 6.92 Å². The van der Waals surface area contributed by atoms with Crippen LogP contribution in [-0.2, 0) is 9.47 Å². The van der Waals surface area contributed by atoms with Gasteiger partial charge in [0, 0.05) is 29.2 Å². The van der Waals surface area contributed by atoms with E-state index in [4.69, 9.17) is 9.47 Å². The first-order valence-electron chi connectivity index (χ1n) is 7.37. The fourth-order valence-corrected chi connectivity index (χ4v) is 2.25. The highest BCUT2D eigenvalue weighted by atomic mass is 79.9. The highest BCUT2D eigenvalue weighted by Gasteiger charge is 2.11. The molecule has 0 bridgehead atoms. The van der Waals surface area contributed by atoms with Crippen molar-refractivity contribution in [2.24, 2.45) is 0 Å². The van der Waals surface area contributed by atoms with Crippen molar-refractivity contribution >= 4 is 33.5 Å². The molecule has 2 rings (SSSR count). The molecule has 1 N–H and O–H groups in total. The molecule has 1 aromatic carbocycles. The minimum atomic E-state index is -0.463. The van der Waals surface area contributed by atoms with Gasteiger partial charge < -0.3 is 14.8 Å². The van der Waals surface area contributed by atoms with Gasteiger partial charge in [0.15, 0.2) is 0 Å². The van der Waals surface area contributed by atoms with E-state index >= 15 is 0 Å². The van der Waals surface area contributed by atoms with Crippen molar-refractivity contribution in [3.05, 3.63) is 58.3 Å². The van der Waals surface area contributed by atoms with Crippen LogP contribution in [0.3, 0.4) is 0 Å². The standard InChI is InChI=1S/C17H17BrN2O4/c1-2-23-6-7-24-17(22)12-4-3-5-15(9-12)20-16(21)13-8-14(18)11-19-10-13/h3-5,8-11H,2,6-7H2,1H3,(H,20,21). The summed E-state index contributed by atoms with van der Waals surface area (Å²) in [6.07, 6.45) is 3.06. The first kappa shape index (κ1) is 18.1. The molecule has 0 atom stereocenters. The number of pyridine rings is 1. The summed E-state index contributed by atoms with van der Waals surface area (Å²) in [6, 6.07) is 8.22. The van der Waals surface area contributed by atoms with Crippen LogP contribution in [0.4, 0.5) is 5.69 Å². The Kier molecular flexibility index (Phi) is 6.89. The van der Waals surface area contributed by atoms with Crippen LogP contribution >= 0.6 is 15.9 Å². The number of amides is 1. The maximum Gasteiger partial charge on any atom is 0.338 e. The predicted molar refractivity (Wildman–Crippen MR) is 93.1 cm³/mol. The lowest BCUT2D eigenvalue weighted by molar-refractivity contribution is 0.0335. The van der Waals surface area contributed by atoms with E-state index in [1.165, 1.54) is 6.20 Å². The first-order chi connectivity index (χ1) is 11.6. The van der Waals surface area contributed by atoms with E-state index in [0.29, 0.717) is 34.5 Å². The zero-order chi connectivity index (χ0) is 17.4. The molecule has 0 saturated carbocycles. The van der Waals surface area contributed by atoms with Crippen molar-refractivity contribution < 1.29 is 19.1 Å². The van der Waals surface area contributed by atoms with Gasteiger partial charge in [0.2, 0.25) is 0 Å². The number of halogens is 1. The molecule has 0 aliphatic carbocycles. The molecule has 24 heavy (non-hydrogen) atoms. The largest absolute Gasteiger partial charge is 0.460 e. The molecule has 6 nitrogen and oxygen atoms in total. The molecular formula is C17H17BrN2O4.